The summed E-state index contributed by atoms with van der Waals surface area (Å²) in [5.74, 6) is -0.108. The number of aliphatic hydroxyl groups is 1. The number of rotatable bonds is 15. The second-order valence-corrected chi connectivity index (χ2v) is 7.26. The third-order valence-electron chi connectivity index (χ3n) is 4.85. The highest BCUT2D eigenvalue weighted by Gasteiger charge is 2.16. The molecule has 32 heavy (non-hydrogen) atoms. The molecule has 0 aromatic heterocycles. The molecule has 1 aliphatic carbocycles. The van der Waals surface area contributed by atoms with Crippen LogP contribution in [-0.4, -0.2) is 60.7 Å². The van der Waals surface area contributed by atoms with Gasteiger partial charge in [-0.25, -0.2) is 0 Å². The number of aliphatic hydroxyl groups excluding tert-OH is 1. The molecule has 7 heteroatoms. The largest absolute Gasteiger partial charge is 0.501 e. The van der Waals surface area contributed by atoms with E-state index in [2.05, 4.69) is 18.8 Å². The summed E-state index contributed by atoms with van der Waals surface area (Å²) in [6.07, 6.45) is 14.2. The van der Waals surface area contributed by atoms with Crippen LogP contribution >= 0.6 is 0 Å². The summed E-state index contributed by atoms with van der Waals surface area (Å²) in [6, 6.07) is 0. The van der Waals surface area contributed by atoms with Crippen molar-refractivity contribution in [1.82, 2.24) is 10.2 Å². The van der Waals surface area contributed by atoms with E-state index < -0.39 is 12.2 Å². The van der Waals surface area contributed by atoms with E-state index in [1.54, 1.807) is 25.5 Å². The Bertz CT molecular complexity index is 749. The van der Waals surface area contributed by atoms with Gasteiger partial charge in [0.1, 0.15) is 12.0 Å². The highest BCUT2D eigenvalue weighted by molar-refractivity contribution is 5.70. The lowest BCUT2D eigenvalue weighted by molar-refractivity contribution is -0.136. The van der Waals surface area contributed by atoms with Crippen molar-refractivity contribution in [1.29, 1.82) is 0 Å². The molecule has 0 aliphatic heterocycles. The quantitative estimate of drug-likeness (QED) is 0.152. The van der Waals surface area contributed by atoms with Crippen LogP contribution in [0.2, 0.25) is 0 Å². The van der Waals surface area contributed by atoms with E-state index in [9.17, 15) is 9.90 Å². The van der Waals surface area contributed by atoms with Crippen molar-refractivity contribution in [3.63, 3.8) is 0 Å². The number of carboxylic acids is 1. The maximum atomic E-state index is 11.0. The van der Waals surface area contributed by atoms with Crippen molar-refractivity contribution in [3.05, 3.63) is 71.9 Å². The summed E-state index contributed by atoms with van der Waals surface area (Å²) in [5.41, 5.74) is 2.66. The summed E-state index contributed by atoms with van der Waals surface area (Å²) >= 11 is 0. The number of carboxylic acid groups (broad SMARTS) is 1. The fourth-order valence-corrected chi connectivity index (χ4v) is 3.33. The van der Waals surface area contributed by atoms with Crippen molar-refractivity contribution in [3.8, 4) is 0 Å². The lowest BCUT2D eigenvalue weighted by Crippen LogP contribution is -2.42. The molecule has 0 fully saturated rings. The van der Waals surface area contributed by atoms with Gasteiger partial charge in [-0.2, -0.15) is 0 Å². The average molecular weight is 447 g/mol. The van der Waals surface area contributed by atoms with Crippen molar-refractivity contribution in [2.45, 2.75) is 45.8 Å². The zero-order valence-electron chi connectivity index (χ0n) is 19.5. The minimum atomic E-state index is -0.831. The number of hydrogen-bond donors (Lipinski definition) is 3. The fraction of sp³-hybridized carbons (Fsp3) is 0.480. The molecule has 3 N–H and O–H groups in total. The van der Waals surface area contributed by atoms with E-state index in [0.29, 0.717) is 39.1 Å². The van der Waals surface area contributed by atoms with Crippen LogP contribution in [0.5, 0.6) is 0 Å². The summed E-state index contributed by atoms with van der Waals surface area (Å²) < 4.78 is 10.7. The maximum absolute atomic E-state index is 11.0. The minimum absolute atomic E-state index is 0.0350. The van der Waals surface area contributed by atoms with Crippen molar-refractivity contribution >= 4 is 5.97 Å². The molecule has 1 atom stereocenters. The lowest BCUT2D eigenvalue weighted by atomic mass is 10.0. The lowest BCUT2D eigenvalue weighted by Gasteiger charge is -2.31. The number of allylic oxidation sites excluding steroid dienone is 6. The summed E-state index contributed by atoms with van der Waals surface area (Å²) in [5, 5.41) is 23.1. The van der Waals surface area contributed by atoms with Crippen molar-refractivity contribution < 1.29 is 24.5 Å². The van der Waals surface area contributed by atoms with Gasteiger partial charge < -0.3 is 29.9 Å². The molecule has 0 aromatic rings. The van der Waals surface area contributed by atoms with Crippen LogP contribution in [0.15, 0.2) is 71.9 Å². The van der Waals surface area contributed by atoms with Crippen LogP contribution in [0.4, 0.5) is 0 Å². The minimum Gasteiger partial charge on any atom is -0.501 e. The Balaban J connectivity index is 2.78. The van der Waals surface area contributed by atoms with Gasteiger partial charge in [0.15, 0.2) is 0 Å². The number of carbonyl (C=O) groups is 1. The molecule has 1 aliphatic rings. The van der Waals surface area contributed by atoms with Crippen LogP contribution in [0.25, 0.3) is 0 Å². The van der Waals surface area contributed by atoms with Crippen LogP contribution < -0.4 is 5.32 Å². The SMILES string of the molecule is C=C/C(=C\C=C\OCC)N(CCC)C(O)CNCC1=C/CC=C(CC(=O)O)C/C=C\1OC. The van der Waals surface area contributed by atoms with E-state index in [1.165, 1.54) is 0 Å². The smallest absolute Gasteiger partial charge is 0.307 e. The highest BCUT2D eigenvalue weighted by atomic mass is 16.5. The molecule has 0 heterocycles. The maximum Gasteiger partial charge on any atom is 0.307 e. The number of nitrogens with zero attached hydrogens (tertiary/aromatic N) is 1. The monoisotopic (exact) mass is 446 g/mol. The van der Waals surface area contributed by atoms with Gasteiger partial charge in [0.2, 0.25) is 0 Å². The van der Waals surface area contributed by atoms with Crippen LogP contribution in [-0.2, 0) is 14.3 Å². The van der Waals surface area contributed by atoms with Crippen LogP contribution in [0.3, 0.4) is 0 Å². The first-order valence-electron chi connectivity index (χ1n) is 11.1. The van der Waals surface area contributed by atoms with E-state index in [4.69, 9.17) is 14.6 Å². The Kier molecular flexibility index (Phi) is 13.6. The zero-order valence-corrected chi connectivity index (χ0v) is 19.5. The Morgan fingerprint density at radius 3 is 2.75 bits per heavy atom. The molecule has 0 aromatic carbocycles. The summed E-state index contributed by atoms with van der Waals surface area (Å²) in [7, 11) is 1.61. The number of aliphatic carboxylic acids is 1. The molecule has 0 saturated carbocycles. The van der Waals surface area contributed by atoms with Gasteiger partial charge in [0, 0.05) is 30.9 Å². The first-order valence-corrected chi connectivity index (χ1v) is 11.1. The average Bonchev–Trinajstić information content (AvgIpc) is 2.75. The van der Waals surface area contributed by atoms with Gasteiger partial charge in [-0.3, -0.25) is 4.79 Å². The molecular weight excluding hydrogens is 408 g/mol. The summed E-state index contributed by atoms with van der Waals surface area (Å²) in [6.45, 7) is 10.0. The predicted molar refractivity (Wildman–Crippen MR) is 128 cm³/mol. The topological polar surface area (TPSA) is 91.3 Å². The standard InChI is InChI=1S/C25H38N2O5/c1-5-15-27(22(6-2)12-9-16-32-7-3)24(28)19-26-18-21-11-8-10-20(17-25(29)30)13-14-23(21)31-4/h6,9-12,14,16,24,26,28H,2,5,7-8,13,15,17-19H2,1,3-4H3,(H,29,30)/b16-9+,20-10?,21-11-,22-12+,23-14+. The van der Waals surface area contributed by atoms with E-state index in [-0.39, 0.29) is 6.42 Å². The van der Waals surface area contributed by atoms with Crippen molar-refractivity contribution in [2.75, 3.05) is 33.4 Å². The van der Waals surface area contributed by atoms with Gasteiger partial charge in [-0.05, 0) is 50.5 Å². The molecule has 1 unspecified atom stereocenters. The molecule has 7 nitrogen and oxygen atoms in total. The molecule has 1 rings (SSSR count). The molecule has 178 valence electrons. The summed E-state index contributed by atoms with van der Waals surface area (Å²) in [4.78, 5) is 12.9. The normalized spacial score (nSPS) is 19.0. The van der Waals surface area contributed by atoms with Gasteiger partial charge in [0.25, 0.3) is 0 Å². The fourth-order valence-electron chi connectivity index (χ4n) is 3.33. The van der Waals surface area contributed by atoms with Crippen LogP contribution in [0, 0.1) is 0 Å². The van der Waals surface area contributed by atoms with Crippen molar-refractivity contribution in [2.24, 2.45) is 0 Å². The number of methoxy groups -OCH3 is 1. The van der Waals surface area contributed by atoms with Crippen LogP contribution in [0.1, 0.15) is 39.5 Å². The Morgan fingerprint density at radius 1 is 1.34 bits per heavy atom. The van der Waals surface area contributed by atoms with Gasteiger partial charge in [-0.15, -0.1) is 0 Å². The Labute approximate surface area is 192 Å². The van der Waals surface area contributed by atoms with Gasteiger partial charge in [-0.1, -0.05) is 31.2 Å². The second kappa shape index (κ2) is 15.9. The van der Waals surface area contributed by atoms with E-state index in [1.807, 2.05) is 36.1 Å². The first kappa shape index (κ1) is 27.3. The molecule has 0 amide bonds. The van der Waals surface area contributed by atoms with Gasteiger partial charge in [0.05, 0.1) is 26.4 Å². The van der Waals surface area contributed by atoms with E-state index in [0.717, 1.165) is 29.0 Å². The molecule has 0 bridgehead atoms. The molecular formula is C25H38N2O5. The highest BCUT2D eigenvalue weighted by Crippen LogP contribution is 2.20. The third kappa shape index (κ3) is 10.0. The zero-order chi connectivity index (χ0) is 23.8. The number of ether oxygens (including phenoxy) is 2. The molecule has 0 spiro atoms. The Hall–Kier alpha value is -2.77. The molecule has 0 saturated heterocycles. The first-order chi connectivity index (χ1) is 15.5. The van der Waals surface area contributed by atoms with Gasteiger partial charge >= 0.3 is 5.97 Å². The number of nitrogens with one attached hydrogen (secondary N) is 1. The second-order valence-electron chi connectivity index (χ2n) is 7.26. The van der Waals surface area contributed by atoms with E-state index >= 15 is 0 Å². The molecule has 0 radical (unpaired) electrons. The predicted octanol–water partition coefficient (Wildman–Crippen LogP) is 3.88. The number of hydrogen-bond acceptors (Lipinski definition) is 6. The Morgan fingerprint density at radius 2 is 2.12 bits per heavy atom. The third-order valence-corrected chi connectivity index (χ3v) is 4.85.